The highest BCUT2D eigenvalue weighted by Crippen LogP contribution is 2.18. The topological polar surface area (TPSA) is 67.9 Å². The number of hydrazone groups is 1. The number of hydrogen-bond donors (Lipinski definition) is 1. The second-order valence-electron chi connectivity index (χ2n) is 2.67. The van der Waals surface area contributed by atoms with Crippen molar-refractivity contribution in [3.8, 4) is 0 Å². The molecule has 5 nitrogen and oxygen atoms in total. The van der Waals surface area contributed by atoms with E-state index in [4.69, 9.17) is 17.3 Å². The van der Waals surface area contributed by atoms with Crippen molar-refractivity contribution in [1.82, 2.24) is 5.01 Å². The molecule has 1 aliphatic heterocycles. The Labute approximate surface area is 75.1 Å². The highest BCUT2D eigenvalue weighted by molar-refractivity contribution is 6.69. The van der Waals surface area contributed by atoms with Crippen LogP contribution in [0.5, 0.6) is 0 Å². The molecule has 0 aromatic heterocycles. The molecule has 0 aliphatic carbocycles. The Hall–Kier alpha value is -0.810. The Kier molecular flexibility index (Phi) is 2.25. The van der Waals surface area contributed by atoms with Crippen LogP contribution in [0.25, 0.3) is 0 Å². The van der Waals surface area contributed by atoms with E-state index in [-0.39, 0.29) is 11.7 Å². The number of likely N-dealkylation sites (N-methyl/N-ethyl adjacent to an activating group) is 1. The Balaban J connectivity index is 2.88. The minimum Gasteiger partial charge on any atom is -0.467 e. The third-order valence-electron chi connectivity index (χ3n) is 1.65. The predicted octanol–water partition coefficient (Wildman–Crippen LogP) is -0.645. The predicted molar refractivity (Wildman–Crippen MR) is 44.9 cm³/mol. The van der Waals surface area contributed by atoms with Gasteiger partial charge in [0.2, 0.25) is 0 Å². The van der Waals surface area contributed by atoms with Crippen LogP contribution in [0.1, 0.15) is 0 Å². The molecular weight excluding hydrogens is 182 g/mol. The lowest BCUT2D eigenvalue weighted by Crippen LogP contribution is -2.55. The molecule has 0 fully saturated rings. The Morgan fingerprint density at radius 1 is 1.92 bits per heavy atom. The molecule has 1 atom stereocenters. The van der Waals surface area contributed by atoms with Crippen molar-refractivity contribution in [2.45, 2.75) is 5.54 Å². The molecule has 1 unspecified atom stereocenters. The Bertz CT molecular complexity index is 243. The van der Waals surface area contributed by atoms with E-state index in [1.54, 1.807) is 7.05 Å². The van der Waals surface area contributed by atoms with Gasteiger partial charge < -0.3 is 10.5 Å². The van der Waals surface area contributed by atoms with E-state index in [2.05, 4.69) is 9.84 Å². The van der Waals surface area contributed by atoms with Crippen LogP contribution in [-0.4, -0.2) is 42.4 Å². The maximum absolute atomic E-state index is 11.2. The van der Waals surface area contributed by atoms with Gasteiger partial charge in [-0.1, -0.05) is 11.6 Å². The fourth-order valence-electron chi connectivity index (χ4n) is 1.03. The lowest BCUT2D eigenvalue weighted by Gasteiger charge is -2.19. The first-order valence-corrected chi connectivity index (χ1v) is 3.71. The van der Waals surface area contributed by atoms with Gasteiger partial charge in [-0.25, -0.2) is 4.79 Å². The molecular formula is C6H10ClN3O2. The molecule has 1 rings (SSSR count). The van der Waals surface area contributed by atoms with Crippen LogP contribution in [0.2, 0.25) is 0 Å². The highest BCUT2D eigenvalue weighted by Gasteiger charge is 2.45. The van der Waals surface area contributed by atoms with E-state index in [0.717, 1.165) is 0 Å². The van der Waals surface area contributed by atoms with Gasteiger partial charge in [-0.05, 0) is 0 Å². The van der Waals surface area contributed by atoms with Crippen molar-refractivity contribution in [3.05, 3.63) is 0 Å². The first-order valence-electron chi connectivity index (χ1n) is 3.33. The summed E-state index contributed by atoms with van der Waals surface area (Å²) in [7, 11) is 2.94. The molecule has 1 aliphatic rings. The summed E-state index contributed by atoms with van der Waals surface area (Å²) in [5.74, 6) is -0.569. The van der Waals surface area contributed by atoms with Crippen LogP contribution < -0.4 is 5.73 Å². The van der Waals surface area contributed by atoms with Crippen molar-refractivity contribution in [1.29, 1.82) is 0 Å². The summed E-state index contributed by atoms with van der Waals surface area (Å²) < 4.78 is 4.50. The molecule has 68 valence electrons. The van der Waals surface area contributed by atoms with Gasteiger partial charge in [0.05, 0.1) is 13.7 Å². The van der Waals surface area contributed by atoms with Crippen LogP contribution in [0.4, 0.5) is 0 Å². The summed E-state index contributed by atoms with van der Waals surface area (Å²) >= 11 is 5.67. The van der Waals surface area contributed by atoms with Crippen molar-refractivity contribution in [2.75, 3.05) is 20.7 Å². The number of methoxy groups -OCH3 is 1. The van der Waals surface area contributed by atoms with Crippen LogP contribution in [0, 0.1) is 0 Å². The Morgan fingerprint density at radius 3 is 2.83 bits per heavy atom. The Morgan fingerprint density at radius 2 is 2.50 bits per heavy atom. The molecule has 12 heavy (non-hydrogen) atoms. The summed E-state index contributed by atoms with van der Waals surface area (Å²) in [6.07, 6.45) is 0. The van der Waals surface area contributed by atoms with Gasteiger partial charge in [-0.3, -0.25) is 5.01 Å². The van der Waals surface area contributed by atoms with E-state index in [0.29, 0.717) is 0 Å². The van der Waals surface area contributed by atoms with Crippen LogP contribution in [0.15, 0.2) is 5.10 Å². The standard InChI is InChI=1S/C6H10ClN3O2/c1-10-3-6(8,4(7)9-10)5(11)12-2/h3,8H2,1-2H3. The fourth-order valence-corrected chi connectivity index (χ4v) is 1.30. The number of carbonyl (C=O) groups is 1. The molecule has 0 radical (unpaired) electrons. The first-order chi connectivity index (χ1) is 5.50. The lowest BCUT2D eigenvalue weighted by atomic mass is 10.0. The largest absolute Gasteiger partial charge is 0.467 e. The maximum Gasteiger partial charge on any atom is 0.335 e. The minimum absolute atomic E-state index is 0.0665. The molecule has 0 saturated carbocycles. The third-order valence-corrected chi connectivity index (χ3v) is 2.07. The molecule has 1 heterocycles. The molecule has 0 bridgehead atoms. The second kappa shape index (κ2) is 2.91. The van der Waals surface area contributed by atoms with E-state index >= 15 is 0 Å². The van der Waals surface area contributed by atoms with E-state index < -0.39 is 11.5 Å². The van der Waals surface area contributed by atoms with E-state index in [1.165, 1.54) is 12.1 Å². The van der Waals surface area contributed by atoms with Crippen molar-refractivity contribution in [3.63, 3.8) is 0 Å². The zero-order chi connectivity index (χ0) is 9.35. The fraction of sp³-hybridized carbons (Fsp3) is 0.667. The summed E-state index contributed by atoms with van der Waals surface area (Å²) in [5, 5.41) is 5.37. The maximum atomic E-state index is 11.2. The molecule has 2 N–H and O–H groups in total. The number of halogens is 1. The minimum atomic E-state index is -1.29. The van der Waals surface area contributed by atoms with Crippen molar-refractivity contribution >= 4 is 22.7 Å². The van der Waals surface area contributed by atoms with Gasteiger partial charge in [0, 0.05) is 7.05 Å². The van der Waals surface area contributed by atoms with Crippen LogP contribution in [-0.2, 0) is 9.53 Å². The van der Waals surface area contributed by atoms with Gasteiger partial charge in [-0.2, -0.15) is 5.10 Å². The van der Waals surface area contributed by atoms with Gasteiger partial charge in [-0.15, -0.1) is 0 Å². The van der Waals surface area contributed by atoms with Gasteiger partial charge in [0.1, 0.15) is 0 Å². The smallest absolute Gasteiger partial charge is 0.335 e. The number of rotatable bonds is 1. The third kappa shape index (κ3) is 1.25. The lowest BCUT2D eigenvalue weighted by molar-refractivity contribution is -0.144. The number of ether oxygens (including phenoxy) is 1. The summed E-state index contributed by atoms with van der Waals surface area (Å²) in [6.45, 7) is 0.249. The number of hydrogen-bond acceptors (Lipinski definition) is 5. The average molecular weight is 192 g/mol. The van der Waals surface area contributed by atoms with Crippen LogP contribution >= 0.6 is 11.6 Å². The molecule has 0 spiro atoms. The van der Waals surface area contributed by atoms with Crippen molar-refractivity contribution < 1.29 is 9.53 Å². The normalized spacial score (nSPS) is 28.7. The second-order valence-corrected chi connectivity index (χ2v) is 3.03. The van der Waals surface area contributed by atoms with E-state index in [9.17, 15) is 4.79 Å². The zero-order valence-corrected chi connectivity index (χ0v) is 7.63. The summed E-state index contributed by atoms with van der Waals surface area (Å²) in [5.41, 5.74) is 4.38. The van der Waals surface area contributed by atoms with Crippen LogP contribution in [0.3, 0.4) is 0 Å². The molecule has 0 aromatic rings. The number of carbonyl (C=O) groups excluding carboxylic acids is 1. The first kappa shape index (κ1) is 9.28. The summed E-state index contributed by atoms with van der Waals surface area (Å²) in [4.78, 5) is 11.2. The van der Waals surface area contributed by atoms with Gasteiger partial charge in [0.25, 0.3) is 0 Å². The average Bonchev–Trinajstić information content (AvgIpc) is 2.26. The van der Waals surface area contributed by atoms with Gasteiger partial charge >= 0.3 is 5.97 Å². The molecule has 6 heteroatoms. The van der Waals surface area contributed by atoms with Gasteiger partial charge in [0.15, 0.2) is 10.7 Å². The summed E-state index contributed by atoms with van der Waals surface area (Å²) in [6, 6.07) is 0. The van der Waals surface area contributed by atoms with E-state index in [1.807, 2.05) is 0 Å². The molecule has 0 amide bonds. The number of nitrogens with zero attached hydrogens (tertiary/aromatic N) is 2. The quantitative estimate of drug-likeness (QED) is 0.560. The van der Waals surface area contributed by atoms with Crippen molar-refractivity contribution in [2.24, 2.45) is 10.8 Å². The molecule has 0 saturated heterocycles. The zero-order valence-electron chi connectivity index (χ0n) is 6.87. The number of nitrogens with two attached hydrogens (primary N) is 1. The number of esters is 1. The highest BCUT2D eigenvalue weighted by atomic mass is 35.5. The SMILES string of the molecule is COC(=O)C1(N)CN(C)N=C1Cl. The molecule has 0 aromatic carbocycles. The monoisotopic (exact) mass is 191 g/mol.